The van der Waals surface area contributed by atoms with Gasteiger partial charge in [-0.2, -0.15) is 0 Å². The number of hydrogen-bond donors (Lipinski definition) is 1. The number of hydrogen-bond acceptors (Lipinski definition) is 5. The molecule has 0 aliphatic carbocycles. The van der Waals surface area contributed by atoms with E-state index in [1.807, 2.05) is 24.1 Å². The molecule has 32 heavy (non-hydrogen) atoms. The van der Waals surface area contributed by atoms with Crippen LogP contribution in [0.5, 0.6) is 5.75 Å². The number of rotatable bonds is 9. The fraction of sp³-hybridized carbons (Fsp3) is 0.652. The van der Waals surface area contributed by atoms with Crippen LogP contribution in [0.2, 0.25) is 0 Å². The van der Waals surface area contributed by atoms with Crippen molar-refractivity contribution in [1.29, 1.82) is 0 Å². The van der Waals surface area contributed by atoms with Crippen LogP contribution in [0.15, 0.2) is 29.3 Å². The molecule has 0 atom stereocenters. The second kappa shape index (κ2) is 14.5. The number of guanidine groups is 1. The van der Waals surface area contributed by atoms with Crippen molar-refractivity contribution in [2.24, 2.45) is 4.99 Å². The molecule has 9 heteroatoms. The summed E-state index contributed by atoms with van der Waals surface area (Å²) in [6.45, 7) is 7.94. The minimum Gasteiger partial charge on any atom is -0.493 e. The molecule has 1 aromatic carbocycles. The number of carbonyl (C=O) groups excluding carboxylic acids is 1. The number of methoxy groups -OCH3 is 1. The molecule has 180 valence electrons. The Balaban J connectivity index is 0.00000363. The molecule has 2 aliphatic rings. The van der Waals surface area contributed by atoms with Gasteiger partial charge in [0.05, 0.1) is 13.2 Å². The minimum atomic E-state index is 0. The van der Waals surface area contributed by atoms with Gasteiger partial charge in [0.1, 0.15) is 5.75 Å². The summed E-state index contributed by atoms with van der Waals surface area (Å²) in [6.07, 6.45) is 3.16. The molecule has 2 aliphatic heterocycles. The topological polar surface area (TPSA) is 69.6 Å². The fourth-order valence-corrected chi connectivity index (χ4v) is 4.03. The Morgan fingerprint density at radius 3 is 2.50 bits per heavy atom. The predicted octanol–water partition coefficient (Wildman–Crippen LogP) is 2.04. The Labute approximate surface area is 209 Å². The van der Waals surface area contributed by atoms with Crippen LogP contribution in [0.1, 0.15) is 24.8 Å². The maximum atomic E-state index is 12.4. The molecule has 0 unspecified atom stereocenters. The van der Waals surface area contributed by atoms with E-state index in [-0.39, 0.29) is 29.9 Å². The van der Waals surface area contributed by atoms with Crippen LogP contribution in [0.25, 0.3) is 0 Å². The summed E-state index contributed by atoms with van der Waals surface area (Å²) in [5.74, 6) is 2.05. The lowest BCUT2D eigenvalue weighted by atomic mass is 10.2. The zero-order chi connectivity index (χ0) is 21.9. The third-order valence-corrected chi connectivity index (χ3v) is 5.81. The zero-order valence-electron chi connectivity index (χ0n) is 19.4. The van der Waals surface area contributed by atoms with Gasteiger partial charge in [0.25, 0.3) is 0 Å². The van der Waals surface area contributed by atoms with Crippen molar-refractivity contribution in [3.63, 3.8) is 0 Å². The van der Waals surface area contributed by atoms with Gasteiger partial charge in [-0.3, -0.25) is 14.7 Å². The zero-order valence-corrected chi connectivity index (χ0v) is 21.8. The lowest BCUT2D eigenvalue weighted by Crippen LogP contribution is -2.54. The van der Waals surface area contributed by atoms with Crippen LogP contribution in [0.3, 0.4) is 0 Å². The molecule has 0 spiro atoms. The van der Waals surface area contributed by atoms with E-state index in [2.05, 4.69) is 32.2 Å². The van der Waals surface area contributed by atoms with Crippen molar-refractivity contribution in [2.45, 2.75) is 25.8 Å². The highest BCUT2D eigenvalue weighted by Crippen LogP contribution is 2.14. The van der Waals surface area contributed by atoms with Gasteiger partial charge < -0.3 is 24.6 Å². The van der Waals surface area contributed by atoms with E-state index < -0.39 is 0 Å². The smallest absolute Gasteiger partial charge is 0.236 e. The van der Waals surface area contributed by atoms with E-state index in [0.717, 1.165) is 75.8 Å². The summed E-state index contributed by atoms with van der Waals surface area (Å²) in [6, 6.07) is 8.15. The Morgan fingerprint density at radius 1 is 1.06 bits per heavy atom. The molecule has 0 aromatic heterocycles. The van der Waals surface area contributed by atoms with Gasteiger partial charge in [-0.05, 0) is 30.5 Å². The highest BCUT2D eigenvalue weighted by Gasteiger charge is 2.24. The molecule has 0 radical (unpaired) electrons. The SMILES string of the molecule is CN=C(NCc1cccc(OCCCOC)c1)N1CCN(CC(=O)N2CCCC2)CC1.I. The summed E-state index contributed by atoms with van der Waals surface area (Å²) >= 11 is 0. The summed E-state index contributed by atoms with van der Waals surface area (Å²) in [5.41, 5.74) is 1.15. The van der Waals surface area contributed by atoms with Crippen LogP contribution >= 0.6 is 24.0 Å². The lowest BCUT2D eigenvalue weighted by molar-refractivity contribution is -0.131. The lowest BCUT2D eigenvalue weighted by Gasteiger charge is -2.36. The van der Waals surface area contributed by atoms with E-state index in [1.165, 1.54) is 0 Å². The predicted molar refractivity (Wildman–Crippen MR) is 138 cm³/mol. The fourth-order valence-electron chi connectivity index (χ4n) is 4.03. The van der Waals surface area contributed by atoms with Gasteiger partial charge in [0, 0.05) is 73.0 Å². The van der Waals surface area contributed by atoms with Gasteiger partial charge in [0.2, 0.25) is 5.91 Å². The Morgan fingerprint density at radius 2 is 1.81 bits per heavy atom. The Hall–Kier alpha value is -1.59. The molecule has 1 amide bonds. The summed E-state index contributed by atoms with van der Waals surface area (Å²) in [4.78, 5) is 23.4. The van der Waals surface area contributed by atoms with Crippen molar-refractivity contribution < 1.29 is 14.3 Å². The van der Waals surface area contributed by atoms with Crippen molar-refractivity contribution in [3.05, 3.63) is 29.8 Å². The van der Waals surface area contributed by atoms with Crippen molar-refractivity contribution in [2.75, 3.05) is 73.2 Å². The van der Waals surface area contributed by atoms with Gasteiger partial charge >= 0.3 is 0 Å². The van der Waals surface area contributed by atoms with E-state index in [9.17, 15) is 4.79 Å². The summed E-state index contributed by atoms with van der Waals surface area (Å²) in [7, 11) is 3.52. The van der Waals surface area contributed by atoms with Crippen molar-refractivity contribution in [3.8, 4) is 5.75 Å². The summed E-state index contributed by atoms with van der Waals surface area (Å²) < 4.78 is 10.9. The van der Waals surface area contributed by atoms with E-state index in [0.29, 0.717) is 26.3 Å². The molecule has 2 saturated heterocycles. The van der Waals surface area contributed by atoms with Crippen molar-refractivity contribution >= 4 is 35.8 Å². The first-order valence-electron chi connectivity index (χ1n) is 11.4. The van der Waals surface area contributed by atoms with E-state index >= 15 is 0 Å². The molecule has 2 heterocycles. The molecule has 0 saturated carbocycles. The molecule has 8 nitrogen and oxygen atoms in total. The highest BCUT2D eigenvalue weighted by molar-refractivity contribution is 14.0. The van der Waals surface area contributed by atoms with Gasteiger partial charge in [-0.25, -0.2) is 0 Å². The van der Waals surface area contributed by atoms with Crippen LogP contribution < -0.4 is 10.1 Å². The number of amides is 1. The third-order valence-electron chi connectivity index (χ3n) is 5.81. The number of piperazine rings is 1. The van der Waals surface area contributed by atoms with E-state index in [1.54, 1.807) is 7.11 Å². The van der Waals surface area contributed by atoms with Crippen LogP contribution in [-0.2, 0) is 16.1 Å². The second-order valence-corrected chi connectivity index (χ2v) is 8.09. The monoisotopic (exact) mass is 559 g/mol. The molecule has 3 rings (SSSR count). The van der Waals surface area contributed by atoms with Crippen LogP contribution in [-0.4, -0.2) is 99.8 Å². The Bertz CT molecular complexity index is 719. The number of aliphatic imine (C=N–C) groups is 1. The normalized spacial score (nSPS) is 17.2. The first-order chi connectivity index (χ1) is 15.2. The molecule has 0 bridgehead atoms. The van der Waals surface area contributed by atoms with Gasteiger partial charge in [0.15, 0.2) is 5.96 Å². The van der Waals surface area contributed by atoms with Gasteiger partial charge in [-0.1, -0.05) is 12.1 Å². The number of benzene rings is 1. The number of nitrogens with zero attached hydrogens (tertiary/aromatic N) is 4. The first-order valence-corrected chi connectivity index (χ1v) is 11.4. The molecular weight excluding hydrogens is 521 g/mol. The van der Waals surface area contributed by atoms with E-state index in [4.69, 9.17) is 9.47 Å². The maximum absolute atomic E-state index is 12.4. The number of likely N-dealkylation sites (tertiary alicyclic amines) is 1. The first kappa shape index (κ1) is 26.7. The third kappa shape index (κ3) is 8.40. The second-order valence-electron chi connectivity index (χ2n) is 8.09. The standard InChI is InChI=1S/C23H37N5O3.HI/c1-24-23(25-18-20-7-5-8-21(17-20)31-16-6-15-30-2)28-13-11-26(12-14-28)19-22(29)27-9-3-4-10-27;/h5,7-8,17H,3-4,6,9-16,18-19H2,1-2H3,(H,24,25);1H. The maximum Gasteiger partial charge on any atom is 0.236 e. The molecule has 1 N–H and O–H groups in total. The number of halogens is 1. The van der Waals surface area contributed by atoms with Crippen molar-refractivity contribution in [1.82, 2.24) is 20.0 Å². The molecular formula is C23H38IN5O3. The minimum absolute atomic E-state index is 0. The number of nitrogens with one attached hydrogen (secondary N) is 1. The number of ether oxygens (including phenoxy) is 2. The number of carbonyl (C=O) groups is 1. The average Bonchev–Trinajstić information content (AvgIpc) is 3.34. The van der Waals surface area contributed by atoms with Gasteiger partial charge in [-0.15, -0.1) is 24.0 Å². The average molecular weight is 559 g/mol. The quantitative estimate of drug-likeness (QED) is 0.216. The van der Waals surface area contributed by atoms with Crippen LogP contribution in [0.4, 0.5) is 0 Å². The Kier molecular flexibility index (Phi) is 12.1. The molecule has 1 aromatic rings. The summed E-state index contributed by atoms with van der Waals surface area (Å²) in [5, 5.41) is 3.47. The largest absolute Gasteiger partial charge is 0.493 e. The van der Waals surface area contributed by atoms with Crippen LogP contribution in [0, 0.1) is 0 Å². The highest BCUT2D eigenvalue weighted by atomic mass is 127. The molecule has 2 fully saturated rings.